The van der Waals surface area contributed by atoms with Crippen molar-refractivity contribution in [2.24, 2.45) is 0 Å². The molecule has 1 saturated heterocycles. The maximum absolute atomic E-state index is 13.0. The van der Waals surface area contributed by atoms with Crippen LogP contribution in [-0.2, 0) is 0 Å². The van der Waals surface area contributed by atoms with E-state index >= 15 is 0 Å². The second-order valence-electron chi connectivity index (χ2n) is 7.65. The van der Waals surface area contributed by atoms with Crippen molar-refractivity contribution in [3.05, 3.63) is 65.8 Å². The number of carbonyl (C=O) groups is 2. The highest BCUT2D eigenvalue weighted by molar-refractivity contribution is 6.32. The molecule has 32 heavy (non-hydrogen) atoms. The Kier molecular flexibility index (Phi) is 6.41. The Balaban J connectivity index is 1.37. The molecule has 0 spiro atoms. The molecule has 0 N–H and O–H groups in total. The number of aromatic nitrogens is 3. The van der Waals surface area contributed by atoms with Crippen LogP contribution in [0.3, 0.4) is 0 Å². The van der Waals surface area contributed by atoms with Gasteiger partial charge in [-0.25, -0.2) is 14.8 Å². The molecule has 9 heteroatoms. The highest BCUT2D eigenvalue weighted by Crippen LogP contribution is 2.23. The molecule has 0 saturated carbocycles. The number of piperidine rings is 1. The van der Waals surface area contributed by atoms with Crippen molar-refractivity contribution < 1.29 is 14.3 Å². The number of hydrogen-bond donors (Lipinski definition) is 0. The SMILES string of the molecule is COc1ccc(-c2cn(C(=O)N(C)C3CCN(C(=O)c4cccnc4Cl)CC3)cn2)cc1. The van der Waals surface area contributed by atoms with E-state index in [9.17, 15) is 9.59 Å². The van der Waals surface area contributed by atoms with Crippen LogP contribution in [-0.4, -0.2) is 69.6 Å². The topological polar surface area (TPSA) is 80.6 Å². The lowest BCUT2D eigenvalue weighted by molar-refractivity contribution is 0.0667. The predicted molar refractivity (Wildman–Crippen MR) is 121 cm³/mol. The van der Waals surface area contributed by atoms with E-state index in [1.807, 2.05) is 24.3 Å². The first-order valence-electron chi connectivity index (χ1n) is 10.3. The van der Waals surface area contributed by atoms with Gasteiger partial charge in [-0.3, -0.25) is 9.36 Å². The van der Waals surface area contributed by atoms with Crippen molar-refractivity contribution in [1.29, 1.82) is 0 Å². The number of pyridine rings is 1. The smallest absolute Gasteiger partial charge is 0.329 e. The summed E-state index contributed by atoms with van der Waals surface area (Å²) in [5, 5.41) is 0.208. The van der Waals surface area contributed by atoms with Crippen LogP contribution >= 0.6 is 11.6 Å². The summed E-state index contributed by atoms with van der Waals surface area (Å²) in [5.41, 5.74) is 2.02. The number of halogens is 1. The van der Waals surface area contributed by atoms with Crippen molar-refractivity contribution in [3.63, 3.8) is 0 Å². The first kappa shape index (κ1) is 21.8. The number of rotatable bonds is 4. The largest absolute Gasteiger partial charge is 0.497 e. The number of amides is 2. The minimum absolute atomic E-state index is 0.0303. The number of likely N-dealkylation sites (tertiary alicyclic amines) is 1. The lowest BCUT2D eigenvalue weighted by atomic mass is 10.0. The zero-order valence-corrected chi connectivity index (χ0v) is 18.7. The van der Waals surface area contributed by atoms with Crippen molar-refractivity contribution in [1.82, 2.24) is 24.3 Å². The Labute approximate surface area is 191 Å². The maximum Gasteiger partial charge on any atom is 0.329 e. The highest BCUT2D eigenvalue weighted by Gasteiger charge is 2.29. The standard InChI is InChI=1S/C23H24ClN5O3/c1-27(17-9-12-28(13-10-17)22(30)19-4-3-11-25-21(19)24)23(31)29-14-20(26-15-29)16-5-7-18(32-2)8-6-16/h3-8,11,14-15,17H,9-10,12-13H2,1-2H3. The van der Waals surface area contributed by atoms with E-state index in [4.69, 9.17) is 16.3 Å². The molecular formula is C23H24ClN5O3. The zero-order valence-electron chi connectivity index (χ0n) is 17.9. The molecule has 1 fully saturated rings. The Hall–Kier alpha value is -3.39. The number of carbonyl (C=O) groups excluding carboxylic acids is 2. The fourth-order valence-corrected chi connectivity index (χ4v) is 4.05. The van der Waals surface area contributed by atoms with Crippen LogP contribution in [0.5, 0.6) is 5.75 Å². The van der Waals surface area contributed by atoms with Crippen LogP contribution < -0.4 is 4.74 Å². The molecule has 0 atom stereocenters. The van der Waals surface area contributed by atoms with Crippen LogP contribution in [0, 0.1) is 0 Å². The second kappa shape index (κ2) is 9.40. The number of ether oxygens (including phenoxy) is 1. The zero-order chi connectivity index (χ0) is 22.7. The van der Waals surface area contributed by atoms with Crippen LogP contribution in [0.25, 0.3) is 11.3 Å². The summed E-state index contributed by atoms with van der Waals surface area (Å²) >= 11 is 6.06. The summed E-state index contributed by atoms with van der Waals surface area (Å²) in [7, 11) is 3.40. The van der Waals surface area contributed by atoms with Crippen LogP contribution in [0.2, 0.25) is 5.15 Å². The van der Waals surface area contributed by atoms with Crippen LogP contribution in [0.15, 0.2) is 55.1 Å². The van der Waals surface area contributed by atoms with Gasteiger partial charge in [-0.2, -0.15) is 0 Å². The van der Waals surface area contributed by atoms with E-state index in [1.165, 1.54) is 10.9 Å². The molecule has 2 aromatic heterocycles. The van der Waals surface area contributed by atoms with Gasteiger partial charge in [0.2, 0.25) is 0 Å². The molecule has 1 aliphatic heterocycles. The second-order valence-corrected chi connectivity index (χ2v) is 8.01. The number of hydrogen-bond acceptors (Lipinski definition) is 5. The number of imidazole rings is 1. The van der Waals surface area contributed by atoms with Crippen molar-refractivity contribution in [2.45, 2.75) is 18.9 Å². The summed E-state index contributed by atoms with van der Waals surface area (Å²) < 4.78 is 6.67. The van der Waals surface area contributed by atoms with E-state index < -0.39 is 0 Å². The van der Waals surface area contributed by atoms with Gasteiger partial charge in [-0.15, -0.1) is 0 Å². The van der Waals surface area contributed by atoms with Gasteiger partial charge in [-0.05, 0) is 49.2 Å². The van der Waals surface area contributed by atoms with Gasteiger partial charge >= 0.3 is 6.03 Å². The Morgan fingerprint density at radius 3 is 2.50 bits per heavy atom. The van der Waals surface area contributed by atoms with E-state index in [0.29, 0.717) is 37.2 Å². The van der Waals surface area contributed by atoms with Gasteiger partial charge in [0, 0.05) is 44.1 Å². The van der Waals surface area contributed by atoms with Gasteiger partial charge in [0.15, 0.2) is 0 Å². The van der Waals surface area contributed by atoms with E-state index in [1.54, 1.807) is 48.5 Å². The number of benzene rings is 1. The van der Waals surface area contributed by atoms with Gasteiger partial charge in [0.1, 0.15) is 17.2 Å². The lowest BCUT2D eigenvalue weighted by Gasteiger charge is -2.36. The lowest BCUT2D eigenvalue weighted by Crippen LogP contribution is -2.48. The normalized spacial score (nSPS) is 14.3. The molecule has 0 unspecified atom stereocenters. The van der Waals surface area contributed by atoms with Gasteiger partial charge in [0.05, 0.1) is 18.4 Å². The van der Waals surface area contributed by atoms with Crippen molar-refractivity contribution >= 4 is 23.5 Å². The van der Waals surface area contributed by atoms with Crippen LogP contribution in [0.4, 0.5) is 4.79 Å². The van der Waals surface area contributed by atoms with E-state index in [0.717, 1.165) is 11.3 Å². The third-order valence-electron chi connectivity index (χ3n) is 5.78. The van der Waals surface area contributed by atoms with Crippen molar-refractivity contribution in [2.75, 3.05) is 27.2 Å². The third-order valence-corrected chi connectivity index (χ3v) is 6.08. The molecule has 4 rings (SSSR count). The first-order chi connectivity index (χ1) is 15.5. The monoisotopic (exact) mass is 453 g/mol. The summed E-state index contributed by atoms with van der Waals surface area (Å²) in [6, 6.07) is 10.8. The third kappa shape index (κ3) is 4.45. The van der Waals surface area contributed by atoms with Crippen LogP contribution in [0.1, 0.15) is 23.2 Å². The minimum Gasteiger partial charge on any atom is -0.497 e. The Morgan fingerprint density at radius 1 is 1.12 bits per heavy atom. The molecule has 0 radical (unpaired) electrons. The summed E-state index contributed by atoms with van der Waals surface area (Å²) in [6.07, 6.45) is 6.19. The molecular weight excluding hydrogens is 430 g/mol. The molecule has 1 aromatic carbocycles. The summed E-state index contributed by atoms with van der Waals surface area (Å²) in [4.78, 5) is 37.6. The van der Waals surface area contributed by atoms with Crippen molar-refractivity contribution in [3.8, 4) is 17.0 Å². The molecule has 166 valence electrons. The average molecular weight is 454 g/mol. The van der Waals surface area contributed by atoms with E-state index in [2.05, 4.69) is 9.97 Å². The maximum atomic E-state index is 13.0. The number of methoxy groups -OCH3 is 1. The fourth-order valence-electron chi connectivity index (χ4n) is 3.85. The molecule has 0 bridgehead atoms. The molecule has 1 aliphatic rings. The minimum atomic E-state index is -0.155. The highest BCUT2D eigenvalue weighted by atomic mass is 35.5. The quantitative estimate of drug-likeness (QED) is 0.561. The molecule has 2 amide bonds. The Bertz CT molecular complexity index is 1110. The fraction of sp³-hybridized carbons (Fsp3) is 0.304. The van der Waals surface area contributed by atoms with Gasteiger partial charge in [0.25, 0.3) is 5.91 Å². The molecule has 0 aliphatic carbocycles. The molecule has 8 nitrogen and oxygen atoms in total. The average Bonchev–Trinajstić information content (AvgIpc) is 3.33. The summed E-state index contributed by atoms with van der Waals surface area (Å²) in [5.74, 6) is 0.633. The Morgan fingerprint density at radius 2 is 1.84 bits per heavy atom. The predicted octanol–water partition coefficient (Wildman–Crippen LogP) is 3.81. The molecule has 3 heterocycles. The first-order valence-corrected chi connectivity index (χ1v) is 10.7. The van der Waals surface area contributed by atoms with Gasteiger partial charge in [-0.1, -0.05) is 11.6 Å². The molecule has 3 aromatic rings. The number of nitrogens with zero attached hydrogens (tertiary/aromatic N) is 5. The van der Waals surface area contributed by atoms with Gasteiger partial charge < -0.3 is 14.5 Å². The summed E-state index contributed by atoms with van der Waals surface area (Å²) in [6.45, 7) is 1.10. The van der Waals surface area contributed by atoms with E-state index in [-0.39, 0.29) is 23.1 Å².